The fourth-order valence-corrected chi connectivity index (χ4v) is 3.63. The summed E-state index contributed by atoms with van der Waals surface area (Å²) >= 11 is 0. The van der Waals surface area contributed by atoms with Crippen LogP contribution in [0.25, 0.3) is 0 Å². The van der Waals surface area contributed by atoms with Crippen LogP contribution in [-0.4, -0.2) is 52.2 Å². The highest BCUT2D eigenvalue weighted by molar-refractivity contribution is 5.76. The highest BCUT2D eigenvalue weighted by atomic mass is 16.6. The number of hydrogen-bond acceptors (Lipinski definition) is 5. The van der Waals surface area contributed by atoms with Crippen molar-refractivity contribution in [1.82, 2.24) is 5.32 Å². The summed E-state index contributed by atoms with van der Waals surface area (Å²) in [5, 5.41) is 30.7. The quantitative estimate of drug-likeness (QED) is 0.272. The standard InChI is InChI=1S/C23H45NO6/c1-17(2)9-6-10-18(3)11-7-12-19(4)13-8-14-23(5,29)20(16-25)30-22(28)24-15-21(26)27/h17-20,25,29H,6-16H2,1-5H3,(H,24,28)(H,26,27). The lowest BCUT2D eigenvalue weighted by molar-refractivity contribution is -0.136. The predicted molar refractivity (Wildman–Crippen MR) is 118 cm³/mol. The third-order valence-electron chi connectivity index (χ3n) is 5.74. The predicted octanol–water partition coefficient (Wildman–Crippen LogP) is 4.35. The molecule has 1 amide bonds. The zero-order chi connectivity index (χ0) is 23.2. The topological polar surface area (TPSA) is 116 Å². The molecule has 0 aromatic heterocycles. The minimum atomic E-state index is -1.38. The van der Waals surface area contributed by atoms with Crippen molar-refractivity contribution in [2.75, 3.05) is 13.2 Å². The van der Waals surface area contributed by atoms with Gasteiger partial charge in [0, 0.05) is 0 Å². The van der Waals surface area contributed by atoms with E-state index >= 15 is 0 Å². The maximum absolute atomic E-state index is 11.6. The molecule has 4 unspecified atom stereocenters. The van der Waals surface area contributed by atoms with Crippen molar-refractivity contribution in [3.8, 4) is 0 Å². The molecule has 0 saturated carbocycles. The Bertz CT molecular complexity index is 480. The van der Waals surface area contributed by atoms with Gasteiger partial charge in [-0.25, -0.2) is 4.79 Å². The van der Waals surface area contributed by atoms with E-state index in [0.29, 0.717) is 12.3 Å². The van der Waals surface area contributed by atoms with Crippen LogP contribution in [0, 0.1) is 17.8 Å². The molecular formula is C23H45NO6. The van der Waals surface area contributed by atoms with Gasteiger partial charge in [0.1, 0.15) is 12.1 Å². The first-order valence-electron chi connectivity index (χ1n) is 11.5. The minimum Gasteiger partial charge on any atom is -0.480 e. The zero-order valence-electron chi connectivity index (χ0n) is 19.7. The van der Waals surface area contributed by atoms with Gasteiger partial charge in [0.2, 0.25) is 0 Å². The molecule has 0 aromatic carbocycles. The molecule has 0 aromatic rings. The van der Waals surface area contributed by atoms with E-state index in [1.165, 1.54) is 39.0 Å². The number of alkyl carbamates (subject to hydrolysis) is 1. The summed E-state index contributed by atoms with van der Waals surface area (Å²) in [4.78, 5) is 22.1. The van der Waals surface area contributed by atoms with Crippen LogP contribution >= 0.6 is 0 Å². The molecule has 0 rings (SSSR count). The van der Waals surface area contributed by atoms with Crippen molar-refractivity contribution in [3.05, 3.63) is 0 Å². The number of ether oxygens (including phenoxy) is 1. The molecule has 4 N–H and O–H groups in total. The number of carbonyl (C=O) groups is 2. The molecule has 0 aliphatic carbocycles. The molecule has 30 heavy (non-hydrogen) atoms. The van der Waals surface area contributed by atoms with Gasteiger partial charge in [-0.1, -0.05) is 79.1 Å². The van der Waals surface area contributed by atoms with Crippen LogP contribution in [0.15, 0.2) is 0 Å². The van der Waals surface area contributed by atoms with Crippen LogP contribution in [0.1, 0.15) is 92.4 Å². The molecule has 7 nitrogen and oxygen atoms in total. The Labute approximate surface area is 182 Å². The number of nitrogens with one attached hydrogen (secondary N) is 1. The van der Waals surface area contributed by atoms with Gasteiger partial charge in [-0.3, -0.25) is 4.79 Å². The van der Waals surface area contributed by atoms with Gasteiger partial charge in [-0.05, 0) is 31.1 Å². The second kappa shape index (κ2) is 15.5. The molecule has 0 heterocycles. The normalized spacial score (nSPS) is 16.5. The van der Waals surface area contributed by atoms with E-state index in [2.05, 4.69) is 33.0 Å². The fourth-order valence-electron chi connectivity index (χ4n) is 3.63. The molecule has 0 bridgehead atoms. The maximum atomic E-state index is 11.6. The monoisotopic (exact) mass is 431 g/mol. The molecule has 7 heteroatoms. The molecular weight excluding hydrogens is 386 g/mol. The first-order valence-corrected chi connectivity index (χ1v) is 11.5. The second-order valence-corrected chi connectivity index (χ2v) is 9.54. The Balaban J connectivity index is 4.12. The number of carboxylic acids is 1. The third-order valence-corrected chi connectivity index (χ3v) is 5.74. The smallest absolute Gasteiger partial charge is 0.408 e. The van der Waals surface area contributed by atoms with Gasteiger partial charge >= 0.3 is 12.1 Å². The van der Waals surface area contributed by atoms with E-state index in [-0.39, 0.29) is 0 Å². The van der Waals surface area contributed by atoms with Crippen molar-refractivity contribution < 1.29 is 29.6 Å². The van der Waals surface area contributed by atoms with E-state index in [4.69, 9.17) is 9.84 Å². The molecule has 0 saturated heterocycles. The molecule has 0 aliphatic heterocycles. The lowest BCUT2D eigenvalue weighted by Crippen LogP contribution is -2.47. The summed E-state index contributed by atoms with van der Waals surface area (Å²) in [5.41, 5.74) is -1.38. The van der Waals surface area contributed by atoms with E-state index in [1.54, 1.807) is 0 Å². The number of amides is 1. The summed E-state index contributed by atoms with van der Waals surface area (Å²) in [6.07, 6.45) is 7.59. The first kappa shape index (κ1) is 28.7. The summed E-state index contributed by atoms with van der Waals surface area (Å²) in [5.74, 6) is 0.907. The number of aliphatic carboxylic acids is 1. The number of aliphatic hydroxyl groups excluding tert-OH is 1. The number of carboxylic acid groups (broad SMARTS) is 1. The van der Waals surface area contributed by atoms with Gasteiger partial charge in [0.15, 0.2) is 6.10 Å². The Morgan fingerprint density at radius 3 is 1.90 bits per heavy atom. The molecule has 4 atom stereocenters. The largest absolute Gasteiger partial charge is 0.480 e. The van der Waals surface area contributed by atoms with Crippen molar-refractivity contribution in [2.45, 2.75) is 104 Å². The van der Waals surface area contributed by atoms with E-state index in [9.17, 15) is 19.8 Å². The average molecular weight is 432 g/mol. The van der Waals surface area contributed by atoms with Crippen molar-refractivity contribution in [2.24, 2.45) is 17.8 Å². The summed E-state index contributed by atoms with van der Waals surface area (Å²) in [6.45, 7) is 9.52. The number of carbonyl (C=O) groups excluding carboxylic acids is 1. The number of aliphatic hydroxyl groups is 2. The van der Waals surface area contributed by atoms with Crippen LogP contribution in [0.3, 0.4) is 0 Å². The summed E-state index contributed by atoms with van der Waals surface area (Å²) in [7, 11) is 0. The zero-order valence-corrected chi connectivity index (χ0v) is 19.7. The lowest BCUT2D eigenvalue weighted by Gasteiger charge is -2.31. The van der Waals surface area contributed by atoms with Crippen LogP contribution in [0.4, 0.5) is 4.79 Å². The van der Waals surface area contributed by atoms with Gasteiger partial charge in [-0.15, -0.1) is 0 Å². The summed E-state index contributed by atoms with van der Waals surface area (Å²) < 4.78 is 5.00. The average Bonchev–Trinajstić information content (AvgIpc) is 2.63. The first-order chi connectivity index (χ1) is 14.0. The minimum absolute atomic E-state index is 0.389. The maximum Gasteiger partial charge on any atom is 0.408 e. The Kier molecular flexibility index (Phi) is 14.8. The summed E-state index contributed by atoms with van der Waals surface area (Å²) in [6, 6.07) is 0. The van der Waals surface area contributed by atoms with Crippen LogP contribution in [0.2, 0.25) is 0 Å². The SMILES string of the molecule is CC(C)CCCC(C)CCCC(C)CCCC(C)(O)C(CO)OC(=O)NCC(=O)O. The van der Waals surface area contributed by atoms with E-state index in [0.717, 1.165) is 31.1 Å². The van der Waals surface area contributed by atoms with Crippen LogP contribution in [-0.2, 0) is 9.53 Å². The highest BCUT2D eigenvalue weighted by Crippen LogP contribution is 2.25. The van der Waals surface area contributed by atoms with E-state index < -0.39 is 36.9 Å². The molecule has 0 spiro atoms. The Morgan fingerprint density at radius 1 is 0.933 bits per heavy atom. The Morgan fingerprint density at radius 2 is 1.43 bits per heavy atom. The van der Waals surface area contributed by atoms with Crippen LogP contribution in [0.5, 0.6) is 0 Å². The van der Waals surface area contributed by atoms with Crippen molar-refractivity contribution in [3.63, 3.8) is 0 Å². The highest BCUT2D eigenvalue weighted by Gasteiger charge is 2.34. The van der Waals surface area contributed by atoms with Crippen molar-refractivity contribution >= 4 is 12.1 Å². The number of rotatable bonds is 17. The lowest BCUT2D eigenvalue weighted by atomic mass is 9.88. The molecule has 178 valence electrons. The van der Waals surface area contributed by atoms with Crippen LogP contribution < -0.4 is 5.32 Å². The van der Waals surface area contributed by atoms with Gasteiger partial charge in [0.25, 0.3) is 0 Å². The molecule has 0 radical (unpaired) electrons. The van der Waals surface area contributed by atoms with E-state index in [1.807, 2.05) is 0 Å². The van der Waals surface area contributed by atoms with Crippen molar-refractivity contribution in [1.29, 1.82) is 0 Å². The fraction of sp³-hybridized carbons (Fsp3) is 0.913. The van der Waals surface area contributed by atoms with Gasteiger partial charge < -0.3 is 25.4 Å². The Hall–Kier alpha value is -1.34. The number of hydrogen-bond donors (Lipinski definition) is 4. The molecule has 0 fully saturated rings. The van der Waals surface area contributed by atoms with Gasteiger partial charge in [0.05, 0.1) is 6.61 Å². The van der Waals surface area contributed by atoms with Gasteiger partial charge in [-0.2, -0.15) is 0 Å². The second-order valence-electron chi connectivity index (χ2n) is 9.54. The third kappa shape index (κ3) is 14.6. The molecule has 0 aliphatic rings.